The van der Waals surface area contributed by atoms with Crippen molar-refractivity contribution in [2.24, 2.45) is 0 Å². The lowest BCUT2D eigenvalue weighted by Gasteiger charge is -2.17. The van der Waals surface area contributed by atoms with Gasteiger partial charge >= 0.3 is 0 Å². The molecule has 27 heavy (non-hydrogen) atoms. The molecule has 4 rings (SSSR count). The monoisotopic (exact) mass is 357 g/mol. The van der Waals surface area contributed by atoms with Crippen molar-refractivity contribution >= 4 is 16.8 Å². The van der Waals surface area contributed by atoms with E-state index in [0.717, 1.165) is 22.2 Å². The number of aromatic nitrogens is 2. The van der Waals surface area contributed by atoms with E-state index in [4.69, 9.17) is 4.52 Å². The van der Waals surface area contributed by atoms with Crippen molar-refractivity contribution in [3.05, 3.63) is 84.2 Å². The fraction of sp³-hybridized carbons (Fsp3) is 0.136. The quantitative estimate of drug-likeness (QED) is 0.537. The minimum absolute atomic E-state index is 0.0342. The highest BCUT2D eigenvalue weighted by molar-refractivity contribution is 6.00. The van der Waals surface area contributed by atoms with Crippen LogP contribution >= 0.6 is 0 Å². The van der Waals surface area contributed by atoms with Crippen LogP contribution in [-0.2, 0) is 6.42 Å². The Kier molecular flexibility index (Phi) is 4.66. The first-order chi connectivity index (χ1) is 13.2. The zero-order valence-electron chi connectivity index (χ0n) is 15.0. The molecule has 0 bridgehead atoms. The number of carbonyl (C=O) groups excluding carboxylic acids is 1. The number of benzene rings is 2. The summed E-state index contributed by atoms with van der Waals surface area (Å²) >= 11 is 0. The summed E-state index contributed by atoms with van der Waals surface area (Å²) in [6, 6.07) is 21.1. The molecule has 1 amide bonds. The van der Waals surface area contributed by atoms with E-state index in [9.17, 15) is 4.79 Å². The first kappa shape index (κ1) is 17.0. The van der Waals surface area contributed by atoms with E-state index in [1.54, 1.807) is 24.2 Å². The maximum Gasteiger partial charge on any atom is 0.253 e. The number of carbonyl (C=O) groups is 1. The van der Waals surface area contributed by atoms with Crippen LogP contribution < -0.4 is 0 Å². The highest BCUT2D eigenvalue weighted by Gasteiger charge is 2.16. The molecule has 0 fully saturated rings. The summed E-state index contributed by atoms with van der Waals surface area (Å²) < 4.78 is 5.52. The summed E-state index contributed by atoms with van der Waals surface area (Å²) in [7, 11) is 1.81. The van der Waals surface area contributed by atoms with Crippen molar-refractivity contribution in [1.29, 1.82) is 0 Å². The van der Waals surface area contributed by atoms with Crippen LogP contribution in [0, 0.1) is 0 Å². The SMILES string of the molecule is CN(CCc1ccccn1)C(=O)c1ccc2noc(-c3ccccc3)c2c1. The van der Waals surface area contributed by atoms with E-state index in [1.165, 1.54) is 0 Å². The van der Waals surface area contributed by atoms with E-state index in [2.05, 4.69) is 10.1 Å². The topological polar surface area (TPSA) is 59.2 Å². The van der Waals surface area contributed by atoms with Gasteiger partial charge in [0.2, 0.25) is 0 Å². The Balaban J connectivity index is 1.57. The summed E-state index contributed by atoms with van der Waals surface area (Å²) in [6.07, 6.45) is 2.48. The zero-order chi connectivity index (χ0) is 18.6. The van der Waals surface area contributed by atoms with Crippen LogP contribution in [0.4, 0.5) is 0 Å². The lowest BCUT2D eigenvalue weighted by molar-refractivity contribution is 0.0796. The van der Waals surface area contributed by atoms with Crippen molar-refractivity contribution in [2.75, 3.05) is 13.6 Å². The molecule has 0 N–H and O–H groups in total. The molecular weight excluding hydrogens is 338 g/mol. The van der Waals surface area contributed by atoms with Crippen LogP contribution in [-0.4, -0.2) is 34.5 Å². The number of hydrogen-bond acceptors (Lipinski definition) is 4. The van der Waals surface area contributed by atoms with Gasteiger partial charge in [0.15, 0.2) is 5.76 Å². The molecule has 0 saturated carbocycles. The van der Waals surface area contributed by atoms with Crippen LogP contribution in [0.1, 0.15) is 16.1 Å². The van der Waals surface area contributed by atoms with Gasteiger partial charge in [-0.25, -0.2) is 0 Å². The van der Waals surface area contributed by atoms with Gasteiger partial charge in [-0.05, 0) is 30.3 Å². The second-order valence-corrected chi connectivity index (χ2v) is 6.41. The molecule has 0 radical (unpaired) electrons. The molecular formula is C22H19N3O2. The van der Waals surface area contributed by atoms with E-state index < -0.39 is 0 Å². The summed E-state index contributed by atoms with van der Waals surface area (Å²) in [5.41, 5.74) is 3.26. The van der Waals surface area contributed by atoms with Gasteiger partial charge in [-0.15, -0.1) is 0 Å². The normalized spacial score (nSPS) is 10.9. The Labute approximate surface area is 157 Å². The Morgan fingerprint density at radius 3 is 2.63 bits per heavy atom. The molecule has 0 aliphatic heterocycles. The highest BCUT2D eigenvalue weighted by Crippen LogP contribution is 2.29. The third-order valence-corrected chi connectivity index (χ3v) is 4.54. The predicted molar refractivity (Wildman–Crippen MR) is 104 cm³/mol. The molecule has 2 heterocycles. The fourth-order valence-electron chi connectivity index (χ4n) is 3.02. The lowest BCUT2D eigenvalue weighted by atomic mass is 10.1. The largest absolute Gasteiger partial charge is 0.355 e. The molecule has 0 spiro atoms. The molecule has 0 unspecified atom stereocenters. The van der Waals surface area contributed by atoms with Crippen molar-refractivity contribution in [3.8, 4) is 11.3 Å². The van der Waals surface area contributed by atoms with Gasteiger partial charge in [0, 0.05) is 43.0 Å². The predicted octanol–water partition coefficient (Wildman–Crippen LogP) is 4.20. The molecule has 134 valence electrons. The average Bonchev–Trinajstić information content (AvgIpc) is 3.16. The molecule has 2 aromatic carbocycles. The van der Waals surface area contributed by atoms with Crippen molar-refractivity contribution < 1.29 is 9.32 Å². The van der Waals surface area contributed by atoms with Crippen LogP contribution in [0.3, 0.4) is 0 Å². The molecule has 0 atom stereocenters. The first-order valence-corrected chi connectivity index (χ1v) is 8.82. The van der Waals surface area contributed by atoms with Gasteiger partial charge in [-0.2, -0.15) is 0 Å². The Hall–Kier alpha value is -3.47. The number of rotatable bonds is 5. The Bertz CT molecular complexity index is 1060. The number of amides is 1. The van der Waals surface area contributed by atoms with Gasteiger partial charge < -0.3 is 9.42 Å². The van der Waals surface area contributed by atoms with Gasteiger partial charge in [-0.1, -0.05) is 41.6 Å². The van der Waals surface area contributed by atoms with Crippen molar-refractivity contribution in [3.63, 3.8) is 0 Å². The molecule has 5 nitrogen and oxygen atoms in total. The maximum atomic E-state index is 12.8. The van der Waals surface area contributed by atoms with E-state index in [0.29, 0.717) is 24.3 Å². The molecule has 4 aromatic rings. The van der Waals surface area contributed by atoms with Gasteiger partial charge in [-0.3, -0.25) is 9.78 Å². The standard InChI is InChI=1S/C22H19N3O2/c1-25(14-12-18-9-5-6-13-23-18)22(26)17-10-11-20-19(15-17)21(27-24-20)16-7-3-2-4-8-16/h2-11,13,15H,12,14H2,1H3. The summed E-state index contributed by atoms with van der Waals surface area (Å²) in [5, 5.41) is 4.95. The second kappa shape index (κ2) is 7.41. The van der Waals surface area contributed by atoms with Gasteiger partial charge in [0.1, 0.15) is 5.52 Å². The van der Waals surface area contributed by atoms with Gasteiger partial charge in [0.25, 0.3) is 5.91 Å². The van der Waals surface area contributed by atoms with Crippen LogP contribution in [0.2, 0.25) is 0 Å². The Morgan fingerprint density at radius 1 is 1.04 bits per heavy atom. The van der Waals surface area contributed by atoms with Crippen LogP contribution in [0.25, 0.3) is 22.2 Å². The zero-order valence-corrected chi connectivity index (χ0v) is 15.0. The highest BCUT2D eigenvalue weighted by atomic mass is 16.5. The Morgan fingerprint density at radius 2 is 1.85 bits per heavy atom. The fourth-order valence-corrected chi connectivity index (χ4v) is 3.02. The minimum Gasteiger partial charge on any atom is -0.355 e. The first-order valence-electron chi connectivity index (χ1n) is 8.82. The molecule has 0 saturated heterocycles. The number of hydrogen-bond donors (Lipinski definition) is 0. The summed E-state index contributed by atoms with van der Waals surface area (Å²) in [5.74, 6) is 0.643. The summed E-state index contributed by atoms with van der Waals surface area (Å²) in [4.78, 5) is 18.9. The van der Waals surface area contributed by atoms with Crippen molar-refractivity contribution in [1.82, 2.24) is 15.0 Å². The minimum atomic E-state index is -0.0342. The van der Waals surface area contributed by atoms with E-state index >= 15 is 0 Å². The average molecular weight is 357 g/mol. The number of likely N-dealkylation sites (N-methyl/N-ethyl adjacent to an activating group) is 1. The van der Waals surface area contributed by atoms with Crippen LogP contribution in [0.15, 0.2) is 77.4 Å². The molecule has 0 aliphatic carbocycles. The lowest BCUT2D eigenvalue weighted by Crippen LogP contribution is -2.28. The number of fused-ring (bicyclic) bond motifs is 1. The summed E-state index contributed by atoms with van der Waals surface area (Å²) in [6.45, 7) is 0.600. The van der Waals surface area contributed by atoms with E-state index in [-0.39, 0.29) is 5.91 Å². The molecule has 2 aromatic heterocycles. The van der Waals surface area contributed by atoms with Crippen LogP contribution in [0.5, 0.6) is 0 Å². The van der Waals surface area contributed by atoms with Gasteiger partial charge in [0.05, 0.1) is 5.39 Å². The van der Waals surface area contributed by atoms with Crippen molar-refractivity contribution in [2.45, 2.75) is 6.42 Å². The number of nitrogens with zero attached hydrogens (tertiary/aromatic N) is 3. The third-order valence-electron chi connectivity index (χ3n) is 4.54. The smallest absolute Gasteiger partial charge is 0.253 e. The third kappa shape index (κ3) is 3.58. The maximum absolute atomic E-state index is 12.8. The number of pyridine rings is 1. The second-order valence-electron chi connectivity index (χ2n) is 6.41. The molecule has 5 heteroatoms. The molecule has 0 aliphatic rings. The van der Waals surface area contributed by atoms with E-state index in [1.807, 2.05) is 60.7 Å².